The summed E-state index contributed by atoms with van der Waals surface area (Å²) in [6.07, 6.45) is 0. The Labute approximate surface area is 113 Å². The van der Waals surface area contributed by atoms with E-state index in [9.17, 15) is 13.6 Å². The summed E-state index contributed by atoms with van der Waals surface area (Å²) in [6, 6.07) is 4.45. The lowest BCUT2D eigenvalue weighted by Gasteiger charge is -2.09. The van der Waals surface area contributed by atoms with E-state index in [1.165, 1.54) is 19.2 Å². The first-order chi connectivity index (χ1) is 8.50. The number of tetrazole rings is 1. The zero-order valence-corrected chi connectivity index (χ0v) is 11.2. The van der Waals surface area contributed by atoms with Gasteiger partial charge < -0.3 is 4.74 Å². The zero-order valence-electron chi connectivity index (χ0n) is 9.05. The molecule has 0 amide bonds. The molecule has 0 saturated heterocycles. The first kappa shape index (κ1) is 12.9. The monoisotopic (exact) mass is 368 g/mol. The molecule has 1 heterocycles. The topological polar surface area (TPSA) is 61.9 Å². The van der Waals surface area contributed by atoms with Crippen LogP contribution in [0.15, 0.2) is 23.0 Å². The van der Waals surface area contributed by atoms with Gasteiger partial charge in [-0.25, -0.2) is 4.79 Å². The fourth-order valence-corrected chi connectivity index (χ4v) is 2.03. The van der Waals surface area contributed by atoms with Crippen molar-refractivity contribution < 1.29 is 13.5 Å². The molecule has 96 valence electrons. The van der Waals surface area contributed by atoms with Crippen molar-refractivity contribution in [3.8, 4) is 11.4 Å². The van der Waals surface area contributed by atoms with Crippen LogP contribution < -0.4 is 10.4 Å². The molecule has 1 aromatic heterocycles. The summed E-state index contributed by atoms with van der Waals surface area (Å²) >= 11 is 1.81. The molecule has 2 rings (SSSR count). The number of hydrogen-bond donors (Lipinski definition) is 0. The number of aromatic nitrogens is 4. The average Bonchev–Trinajstić information content (AvgIpc) is 2.63. The second-order valence-electron chi connectivity index (χ2n) is 3.26. The van der Waals surface area contributed by atoms with E-state index in [-0.39, 0.29) is 5.75 Å². The Balaban J connectivity index is 2.52. The maximum Gasteiger partial charge on any atom is 0.387 e. The molecule has 0 saturated carbocycles. The van der Waals surface area contributed by atoms with Crippen LogP contribution in [-0.2, 0) is 7.05 Å². The summed E-state index contributed by atoms with van der Waals surface area (Å²) in [5, 5.41) is 7.19. The van der Waals surface area contributed by atoms with Crippen molar-refractivity contribution in [2.75, 3.05) is 0 Å². The number of benzene rings is 1. The minimum absolute atomic E-state index is 0.0133. The predicted molar refractivity (Wildman–Crippen MR) is 65.9 cm³/mol. The number of rotatable bonds is 3. The van der Waals surface area contributed by atoms with Gasteiger partial charge in [-0.2, -0.15) is 18.1 Å². The van der Waals surface area contributed by atoms with Gasteiger partial charge in [0.15, 0.2) is 0 Å². The van der Waals surface area contributed by atoms with Crippen LogP contribution in [0.4, 0.5) is 8.78 Å². The van der Waals surface area contributed by atoms with Crippen LogP contribution in [0.1, 0.15) is 0 Å². The molecule has 0 unspecified atom stereocenters. The Morgan fingerprint density at radius 2 is 2.11 bits per heavy atom. The van der Waals surface area contributed by atoms with Gasteiger partial charge >= 0.3 is 12.3 Å². The van der Waals surface area contributed by atoms with Crippen molar-refractivity contribution in [1.82, 2.24) is 19.8 Å². The first-order valence-electron chi connectivity index (χ1n) is 4.73. The third-order valence-electron chi connectivity index (χ3n) is 2.11. The van der Waals surface area contributed by atoms with E-state index in [0.717, 1.165) is 9.36 Å². The summed E-state index contributed by atoms with van der Waals surface area (Å²) in [7, 11) is 1.44. The molecule has 0 aliphatic carbocycles. The normalized spacial score (nSPS) is 10.9. The van der Waals surface area contributed by atoms with Gasteiger partial charge in [0.1, 0.15) is 5.75 Å². The molecule has 9 heteroatoms. The van der Waals surface area contributed by atoms with Gasteiger partial charge in [0.25, 0.3) is 0 Å². The molecular weight excluding hydrogens is 361 g/mol. The number of aryl methyl sites for hydroxylation is 1. The first-order valence-corrected chi connectivity index (χ1v) is 5.81. The Hall–Kier alpha value is -1.52. The summed E-state index contributed by atoms with van der Waals surface area (Å²) in [5.41, 5.74) is -0.131. The van der Waals surface area contributed by atoms with Gasteiger partial charge in [-0.1, -0.05) is 6.07 Å². The second kappa shape index (κ2) is 5.00. The molecule has 18 heavy (non-hydrogen) atoms. The van der Waals surface area contributed by atoms with Gasteiger partial charge in [0.2, 0.25) is 0 Å². The van der Waals surface area contributed by atoms with E-state index in [0.29, 0.717) is 9.26 Å². The lowest BCUT2D eigenvalue weighted by molar-refractivity contribution is -0.0504. The van der Waals surface area contributed by atoms with Gasteiger partial charge in [0, 0.05) is 7.05 Å². The fourth-order valence-electron chi connectivity index (χ4n) is 1.31. The molecule has 0 aliphatic rings. The van der Waals surface area contributed by atoms with Crippen LogP contribution in [-0.4, -0.2) is 26.4 Å². The molecule has 0 bridgehead atoms. The van der Waals surface area contributed by atoms with Crippen LogP contribution in [0.5, 0.6) is 5.75 Å². The van der Waals surface area contributed by atoms with Crippen LogP contribution in [0.25, 0.3) is 5.69 Å². The molecule has 1 aromatic carbocycles. The van der Waals surface area contributed by atoms with Crippen LogP contribution in [0.2, 0.25) is 0 Å². The third kappa shape index (κ3) is 2.35. The number of ether oxygens (including phenoxy) is 1. The van der Waals surface area contributed by atoms with Crippen molar-refractivity contribution in [1.29, 1.82) is 0 Å². The van der Waals surface area contributed by atoms with Gasteiger partial charge in [-0.15, -0.1) is 0 Å². The van der Waals surface area contributed by atoms with Crippen LogP contribution in [0.3, 0.4) is 0 Å². The highest BCUT2D eigenvalue weighted by Gasteiger charge is 2.15. The van der Waals surface area contributed by atoms with Crippen LogP contribution >= 0.6 is 22.6 Å². The maximum atomic E-state index is 12.2. The van der Waals surface area contributed by atoms with Gasteiger partial charge in [-0.05, 0) is 45.2 Å². The van der Waals surface area contributed by atoms with Crippen molar-refractivity contribution in [2.45, 2.75) is 6.61 Å². The lowest BCUT2D eigenvalue weighted by atomic mass is 10.3. The van der Waals surface area contributed by atoms with E-state index < -0.39 is 12.3 Å². The van der Waals surface area contributed by atoms with Gasteiger partial charge in [-0.3, -0.25) is 0 Å². The number of alkyl halides is 2. The van der Waals surface area contributed by atoms with E-state index in [4.69, 9.17) is 0 Å². The van der Waals surface area contributed by atoms with Crippen molar-refractivity contribution in [3.63, 3.8) is 0 Å². The number of halogens is 3. The van der Waals surface area contributed by atoms with Crippen molar-refractivity contribution >= 4 is 22.6 Å². The summed E-state index contributed by atoms with van der Waals surface area (Å²) in [5.74, 6) is -0.0133. The largest absolute Gasteiger partial charge is 0.434 e. The standard InChI is InChI=1S/C9H7F2IN4O2/c1-15-9(17)16(14-13-15)5-3-2-4-6(7(5)12)18-8(10)11/h2-4,8H,1H3. The van der Waals surface area contributed by atoms with E-state index in [1.54, 1.807) is 6.07 Å². The van der Waals surface area contributed by atoms with E-state index in [1.807, 2.05) is 22.6 Å². The SMILES string of the molecule is Cn1nnn(-c2cccc(OC(F)F)c2I)c1=O. The lowest BCUT2D eigenvalue weighted by Crippen LogP contribution is -2.22. The highest BCUT2D eigenvalue weighted by atomic mass is 127. The molecule has 2 aromatic rings. The van der Waals surface area contributed by atoms with Gasteiger partial charge in [0.05, 0.1) is 9.26 Å². The molecule has 6 nitrogen and oxygen atoms in total. The third-order valence-corrected chi connectivity index (χ3v) is 3.19. The highest BCUT2D eigenvalue weighted by Crippen LogP contribution is 2.27. The predicted octanol–water partition coefficient (Wildman–Crippen LogP) is 1.17. The molecule has 0 N–H and O–H groups in total. The van der Waals surface area contributed by atoms with Crippen LogP contribution in [0, 0.1) is 3.57 Å². The van der Waals surface area contributed by atoms with E-state index >= 15 is 0 Å². The molecule has 0 radical (unpaired) electrons. The number of nitrogens with zero attached hydrogens (tertiary/aromatic N) is 4. The summed E-state index contributed by atoms with van der Waals surface area (Å²) in [4.78, 5) is 11.7. The molecular formula is C9H7F2IN4O2. The Morgan fingerprint density at radius 3 is 2.67 bits per heavy atom. The molecule has 0 fully saturated rings. The molecule has 0 aliphatic heterocycles. The van der Waals surface area contributed by atoms with Crippen molar-refractivity contribution in [2.24, 2.45) is 7.05 Å². The fraction of sp³-hybridized carbons (Fsp3) is 0.222. The summed E-state index contributed by atoms with van der Waals surface area (Å²) < 4.78 is 31.1. The minimum atomic E-state index is -2.92. The zero-order chi connectivity index (χ0) is 13.3. The minimum Gasteiger partial charge on any atom is -0.434 e. The highest BCUT2D eigenvalue weighted by molar-refractivity contribution is 14.1. The maximum absolute atomic E-state index is 12.2. The smallest absolute Gasteiger partial charge is 0.387 e. The quantitative estimate of drug-likeness (QED) is 0.764. The Bertz CT molecular complexity index is 625. The summed E-state index contributed by atoms with van der Waals surface area (Å²) in [6.45, 7) is -2.92. The van der Waals surface area contributed by atoms with Crippen molar-refractivity contribution in [3.05, 3.63) is 32.3 Å². The van der Waals surface area contributed by atoms with E-state index in [2.05, 4.69) is 15.2 Å². The Morgan fingerprint density at radius 1 is 1.39 bits per heavy atom. The Kier molecular flexibility index (Phi) is 3.59. The molecule has 0 atom stereocenters. The number of hydrogen-bond acceptors (Lipinski definition) is 4. The second-order valence-corrected chi connectivity index (χ2v) is 4.34. The average molecular weight is 368 g/mol. The molecule has 0 spiro atoms.